The van der Waals surface area contributed by atoms with Gasteiger partial charge in [-0.15, -0.1) is 0 Å². The normalized spacial score (nSPS) is 17.4. The molecule has 27 heavy (non-hydrogen) atoms. The highest BCUT2D eigenvalue weighted by atomic mass is 35.5. The maximum atomic E-state index is 13.5. The maximum absolute atomic E-state index is 13.5. The molecule has 1 fully saturated rings. The van der Waals surface area contributed by atoms with Crippen molar-refractivity contribution >= 4 is 33.2 Å². The number of methoxy groups -OCH3 is 1. The number of amides is 1. The van der Waals surface area contributed by atoms with Gasteiger partial charge in [0.1, 0.15) is 22.5 Å². The highest BCUT2D eigenvalue weighted by Crippen LogP contribution is 2.29. The molecule has 1 atom stereocenters. The number of rotatable bonds is 5. The van der Waals surface area contributed by atoms with Crippen molar-refractivity contribution in [2.75, 3.05) is 18.6 Å². The van der Waals surface area contributed by atoms with Crippen LogP contribution in [0.2, 0.25) is 5.02 Å². The lowest BCUT2D eigenvalue weighted by molar-refractivity contribution is -0.118. The molecule has 6 nitrogen and oxygen atoms in total. The second-order valence-electron chi connectivity index (χ2n) is 6.18. The number of carbonyl (C=O) groups is 1. The van der Waals surface area contributed by atoms with Gasteiger partial charge >= 0.3 is 0 Å². The molecule has 1 N–H and O–H groups in total. The van der Waals surface area contributed by atoms with Crippen LogP contribution in [-0.2, 0) is 14.8 Å². The Kier molecular flexibility index (Phi) is 5.41. The average molecular weight is 413 g/mol. The van der Waals surface area contributed by atoms with Crippen LogP contribution in [0.15, 0.2) is 41.3 Å². The summed E-state index contributed by atoms with van der Waals surface area (Å²) < 4.78 is 46.4. The minimum atomic E-state index is -4.03. The third-order valence-corrected chi connectivity index (χ3v) is 6.10. The first-order valence-corrected chi connectivity index (χ1v) is 10.0. The topological polar surface area (TPSA) is 75.7 Å². The minimum Gasteiger partial charge on any atom is -0.495 e. The van der Waals surface area contributed by atoms with Crippen LogP contribution in [0.1, 0.15) is 12.0 Å². The fourth-order valence-electron chi connectivity index (χ4n) is 2.95. The number of aryl methyl sites for hydroxylation is 1. The molecule has 2 aromatic carbocycles. The summed E-state index contributed by atoms with van der Waals surface area (Å²) >= 11 is 5.90. The smallest absolute Gasteiger partial charge is 0.245 e. The molecule has 0 unspecified atom stereocenters. The lowest BCUT2D eigenvalue weighted by Crippen LogP contribution is -2.41. The van der Waals surface area contributed by atoms with Crippen molar-refractivity contribution in [1.82, 2.24) is 4.72 Å². The highest BCUT2D eigenvalue weighted by molar-refractivity contribution is 7.89. The number of benzene rings is 2. The van der Waals surface area contributed by atoms with E-state index in [1.165, 1.54) is 42.3 Å². The van der Waals surface area contributed by atoms with Crippen LogP contribution in [0.4, 0.5) is 10.1 Å². The first kappa shape index (κ1) is 19.6. The lowest BCUT2D eigenvalue weighted by atomic mass is 10.2. The molecular formula is C18H18ClFN2O4S. The molecule has 9 heteroatoms. The van der Waals surface area contributed by atoms with E-state index in [9.17, 15) is 17.6 Å². The minimum absolute atomic E-state index is 0.128. The van der Waals surface area contributed by atoms with Crippen molar-refractivity contribution in [2.24, 2.45) is 0 Å². The monoisotopic (exact) mass is 412 g/mol. The zero-order valence-corrected chi connectivity index (χ0v) is 16.3. The third kappa shape index (κ3) is 3.92. The van der Waals surface area contributed by atoms with E-state index in [4.69, 9.17) is 16.3 Å². The SMILES string of the molecule is COc1ccc(Cl)cc1S(=O)(=O)N[C@@H]1CCN(c2ccc(F)c(C)c2)C1=O. The predicted molar refractivity (Wildman–Crippen MR) is 100 cm³/mol. The Balaban J connectivity index is 1.83. The van der Waals surface area contributed by atoms with E-state index in [0.717, 1.165) is 0 Å². The van der Waals surface area contributed by atoms with Gasteiger partial charge in [0, 0.05) is 17.3 Å². The second kappa shape index (κ2) is 7.46. The van der Waals surface area contributed by atoms with Crippen LogP contribution in [0.5, 0.6) is 5.75 Å². The van der Waals surface area contributed by atoms with Gasteiger partial charge in [0.05, 0.1) is 7.11 Å². The van der Waals surface area contributed by atoms with Gasteiger partial charge in [-0.2, -0.15) is 4.72 Å². The summed E-state index contributed by atoms with van der Waals surface area (Å²) in [5.41, 5.74) is 0.939. The summed E-state index contributed by atoms with van der Waals surface area (Å²) in [6.45, 7) is 1.93. The number of ether oxygens (including phenoxy) is 1. The maximum Gasteiger partial charge on any atom is 0.245 e. The van der Waals surface area contributed by atoms with Gasteiger partial charge in [0.2, 0.25) is 15.9 Å². The third-order valence-electron chi connectivity index (χ3n) is 4.37. The average Bonchev–Trinajstić information content (AvgIpc) is 2.97. The molecule has 1 aliphatic heterocycles. The summed E-state index contributed by atoms with van der Waals surface area (Å²) in [5.74, 6) is -0.635. The van der Waals surface area contributed by atoms with Gasteiger partial charge in [-0.3, -0.25) is 4.79 Å². The number of nitrogens with one attached hydrogen (secondary N) is 1. The lowest BCUT2D eigenvalue weighted by Gasteiger charge is -2.18. The molecule has 0 saturated carbocycles. The zero-order valence-electron chi connectivity index (χ0n) is 14.7. The first-order chi connectivity index (χ1) is 12.7. The molecule has 0 bridgehead atoms. The Hall–Kier alpha value is -2.16. The molecule has 1 aliphatic rings. The number of anilines is 1. The van der Waals surface area contributed by atoms with Crippen LogP contribution < -0.4 is 14.4 Å². The Morgan fingerprint density at radius 3 is 2.67 bits per heavy atom. The first-order valence-electron chi connectivity index (χ1n) is 8.16. The molecule has 2 aromatic rings. The van der Waals surface area contributed by atoms with Crippen LogP contribution in [0.25, 0.3) is 0 Å². The number of nitrogens with zero attached hydrogens (tertiary/aromatic N) is 1. The van der Waals surface area contributed by atoms with Crippen molar-refractivity contribution in [3.8, 4) is 5.75 Å². The number of carbonyl (C=O) groups excluding carboxylic acids is 1. The van der Waals surface area contributed by atoms with Crippen LogP contribution >= 0.6 is 11.6 Å². The summed E-state index contributed by atoms with van der Waals surface area (Å²) in [4.78, 5) is 14.0. The molecule has 144 valence electrons. The fraction of sp³-hybridized carbons (Fsp3) is 0.278. The van der Waals surface area contributed by atoms with Crippen molar-refractivity contribution in [1.29, 1.82) is 0 Å². The van der Waals surface area contributed by atoms with E-state index >= 15 is 0 Å². The summed E-state index contributed by atoms with van der Waals surface area (Å²) in [6, 6.07) is 7.64. The Morgan fingerprint density at radius 2 is 2.00 bits per heavy atom. The summed E-state index contributed by atoms with van der Waals surface area (Å²) in [6.07, 6.45) is 0.289. The molecular weight excluding hydrogens is 395 g/mol. The van der Waals surface area contributed by atoms with E-state index in [0.29, 0.717) is 17.8 Å². The predicted octanol–water partition coefficient (Wildman–Crippen LogP) is 2.88. The number of hydrogen-bond acceptors (Lipinski definition) is 4. The second-order valence-corrected chi connectivity index (χ2v) is 8.30. The van der Waals surface area contributed by atoms with Gasteiger partial charge in [-0.25, -0.2) is 12.8 Å². The Morgan fingerprint density at radius 1 is 1.26 bits per heavy atom. The van der Waals surface area contributed by atoms with E-state index in [-0.39, 0.29) is 27.9 Å². The number of halogens is 2. The van der Waals surface area contributed by atoms with E-state index < -0.39 is 22.0 Å². The molecule has 0 radical (unpaired) electrons. The van der Waals surface area contributed by atoms with Crippen molar-refractivity contribution in [2.45, 2.75) is 24.3 Å². The van der Waals surface area contributed by atoms with Crippen molar-refractivity contribution in [3.63, 3.8) is 0 Å². The Bertz CT molecular complexity index is 997. The number of hydrogen-bond donors (Lipinski definition) is 1. The largest absolute Gasteiger partial charge is 0.495 e. The highest BCUT2D eigenvalue weighted by Gasteiger charge is 2.36. The van der Waals surface area contributed by atoms with Crippen LogP contribution in [-0.4, -0.2) is 34.0 Å². The van der Waals surface area contributed by atoms with Gasteiger partial charge in [-0.1, -0.05) is 11.6 Å². The van der Waals surface area contributed by atoms with Crippen LogP contribution in [0.3, 0.4) is 0 Å². The zero-order chi connectivity index (χ0) is 19.8. The summed E-state index contributed by atoms with van der Waals surface area (Å²) in [7, 11) is -2.68. The van der Waals surface area contributed by atoms with Crippen LogP contribution in [0, 0.1) is 12.7 Å². The van der Waals surface area contributed by atoms with E-state index in [1.807, 2.05) is 0 Å². The standard InChI is InChI=1S/C18H18ClFN2O4S/c1-11-9-13(4-5-14(11)20)22-8-7-15(18(22)23)21-27(24,25)17-10-12(19)3-6-16(17)26-2/h3-6,9-10,15,21H,7-8H2,1-2H3/t15-/m1/s1. The molecule has 0 aromatic heterocycles. The fourth-order valence-corrected chi connectivity index (χ4v) is 4.61. The van der Waals surface area contributed by atoms with Crippen molar-refractivity contribution < 1.29 is 22.3 Å². The molecule has 1 saturated heterocycles. The van der Waals surface area contributed by atoms with E-state index in [2.05, 4.69) is 4.72 Å². The summed E-state index contributed by atoms with van der Waals surface area (Å²) in [5, 5.41) is 0.234. The van der Waals surface area contributed by atoms with Crippen molar-refractivity contribution in [3.05, 3.63) is 52.8 Å². The van der Waals surface area contributed by atoms with Gasteiger partial charge in [0.25, 0.3) is 0 Å². The van der Waals surface area contributed by atoms with E-state index in [1.54, 1.807) is 13.0 Å². The molecule has 0 spiro atoms. The van der Waals surface area contributed by atoms with Gasteiger partial charge < -0.3 is 9.64 Å². The molecule has 0 aliphatic carbocycles. The molecule has 1 heterocycles. The molecule has 1 amide bonds. The number of sulfonamides is 1. The van der Waals surface area contributed by atoms with Gasteiger partial charge in [0.15, 0.2) is 0 Å². The quantitative estimate of drug-likeness (QED) is 0.819. The van der Waals surface area contributed by atoms with Gasteiger partial charge in [-0.05, 0) is 55.3 Å². The Labute approximate surface area is 161 Å². The molecule has 3 rings (SSSR count).